The average molecular weight is 251 g/mol. The predicted octanol–water partition coefficient (Wildman–Crippen LogP) is 0.392. The van der Waals surface area contributed by atoms with Crippen molar-refractivity contribution in [1.82, 2.24) is 4.90 Å². The molecule has 0 amide bonds. The van der Waals surface area contributed by atoms with Gasteiger partial charge in [-0.05, 0) is 6.07 Å². The van der Waals surface area contributed by atoms with Crippen molar-refractivity contribution in [2.45, 2.75) is 0 Å². The first-order valence-electron chi connectivity index (χ1n) is 6.25. The fourth-order valence-corrected chi connectivity index (χ4v) is 2.28. The molecule has 1 fully saturated rings. The van der Waals surface area contributed by atoms with Crippen LogP contribution in [0.3, 0.4) is 0 Å². The molecule has 0 radical (unpaired) electrons. The summed E-state index contributed by atoms with van der Waals surface area (Å²) in [5.41, 5.74) is 7.70. The second-order valence-corrected chi connectivity index (χ2v) is 4.52. The molecule has 0 unspecified atom stereocenters. The summed E-state index contributed by atoms with van der Waals surface area (Å²) >= 11 is 0. The summed E-state index contributed by atoms with van der Waals surface area (Å²) in [7, 11) is 1.65. The standard InChI is InChI=1S/C13H21N3O2/c1-18-13-9-11(14)8-12(10-13)16-4-2-15(3-5-16)6-7-17/h8-10,17H,2-7,14H2,1H3. The van der Waals surface area contributed by atoms with Crippen molar-refractivity contribution in [3.05, 3.63) is 18.2 Å². The fraction of sp³-hybridized carbons (Fsp3) is 0.538. The largest absolute Gasteiger partial charge is 0.497 e. The van der Waals surface area contributed by atoms with E-state index in [-0.39, 0.29) is 6.61 Å². The molecule has 0 saturated carbocycles. The Labute approximate surface area is 108 Å². The van der Waals surface area contributed by atoms with E-state index in [0.29, 0.717) is 0 Å². The molecule has 1 aliphatic rings. The van der Waals surface area contributed by atoms with Gasteiger partial charge in [0, 0.05) is 56.2 Å². The maximum absolute atomic E-state index is 8.92. The molecule has 1 aliphatic heterocycles. The molecule has 0 aromatic heterocycles. The van der Waals surface area contributed by atoms with E-state index < -0.39 is 0 Å². The van der Waals surface area contributed by atoms with Crippen LogP contribution in [0, 0.1) is 0 Å². The summed E-state index contributed by atoms with van der Waals surface area (Å²) < 4.78 is 5.24. The summed E-state index contributed by atoms with van der Waals surface area (Å²) in [5, 5.41) is 8.92. The molecule has 1 saturated heterocycles. The minimum atomic E-state index is 0.228. The minimum Gasteiger partial charge on any atom is -0.497 e. The zero-order chi connectivity index (χ0) is 13.0. The van der Waals surface area contributed by atoms with Gasteiger partial charge in [0.25, 0.3) is 0 Å². The number of β-amino-alcohol motifs (C(OH)–C–C–N with tert-alkyl or cyclic N) is 1. The summed E-state index contributed by atoms with van der Waals surface area (Å²) in [5.74, 6) is 0.794. The topological polar surface area (TPSA) is 62.0 Å². The van der Waals surface area contributed by atoms with Gasteiger partial charge in [0.2, 0.25) is 0 Å². The molecule has 1 heterocycles. The third-order valence-electron chi connectivity index (χ3n) is 3.30. The fourth-order valence-electron chi connectivity index (χ4n) is 2.28. The molecule has 0 bridgehead atoms. The Kier molecular flexibility index (Phi) is 4.28. The summed E-state index contributed by atoms with van der Waals surface area (Å²) in [6.45, 7) is 4.83. The van der Waals surface area contributed by atoms with Crippen molar-refractivity contribution in [3.63, 3.8) is 0 Å². The van der Waals surface area contributed by atoms with Crippen LogP contribution in [-0.4, -0.2) is 56.4 Å². The van der Waals surface area contributed by atoms with E-state index in [1.165, 1.54) is 0 Å². The van der Waals surface area contributed by atoms with E-state index in [1.807, 2.05) is 18.2 Å². The highest BCUT2D eigenvalue weighted by Gasteiger charge is 2.17. The molecule has 0 aliphatic carbocycles. The normalized spacial score (nSPS) is 16.9. The summed E-state index contributed by atoms with van der Waals surface area (Å²) in [6, 6.07) is 5.81. The number of hydrogen-bond acceptors (Lipinski definition) is 5. The first-order valence-corrected chi connectivity index (χ1v) is 6.25. The molecular formula is C13H21N3O2. The van der Waals surface area contributed by atoms with Gasteiger partial charge < -0.3 is 20.5 Å². The van der Waals surface area contributed by atoms with Gasteiger partial charge in [-0.25, -0.2) is 0 Å². The number of benzene rings is 1. The molecule has 1 aromatic rings. The molecule has 3 N–H and O–H groups in total. The zero-order valence-corrected chi connectivity index (χ0v) is 10.8. The Morgan fingerprint density at radius 2 is 1.94 bits per heavy atom. The van der Waals surface area contributed by atoms with Gasteiger partial charge >= 0.3 is 0 Å². The van der Waals surface area contributed by atoms with Crippen molar-refractivity contribution < 1.29 is 9.84 Å². The van der Waals surface area contributed by atoms with Crippen molar-refractivity contribution in [2.75, 3.05) is 57.1 Å². The van der Waals surface area contributed by atoms with Crippen LogP contribution in [-0.2, 0) is 0 Å². The lowest BCUT2D eigenvalue weighted by atomic mass is 10.2. The van der Waals surface area contributed by atoms with Crippen molar-refractivity contribution in [2.24, 2.45) is 0 Å². The number of hydrogen-bond donors (Lipinski definition) is 2. The van der Waals surface area contributed by atoms with Crippen LogP contribution in [0.2, 0.25) is 0 Å². The van der Waals surface area contributed by atoms with Crippen LogP contribution >= 0.6 is 0 Å². The quantitative estimate of drug-likeness (QED) is 0.758. The maximum Gasteiger partial charge on any atom is 0.122 e. The zero-order valence-electron chi connectivity index (χ0n) is 10.8. The number of ether oxygens (including phenoxy) is 1. The molecule has 5 heteroatoms. The van der Waals surface area contributed by atoms with E-state index in [0.717, 1.165) is 49.8 Å². The van der Waals surface area contributed by atoms with E-state index in [2.05, 4.69) is 9.80 Å². The van der Waals surface area contributed by atoms with Gasteiger partial charge in [0.05, 0.1) is 13.7 Å². The van der Waals surface area contributed by atoms with Gasteiger partial charge in [-0.1, -0.05) is 0 Å². The van der Waals surface area contributed by atoms with Gasteiger partial charge in [-0.15, -0.1) is 0 Å². The number of nitrogens with two attached hydrogens (primary N) is 1. The number of anilines is 2. The number of nitrogens with zero attached hydrogens (tertiary/aromatic N) is 2. The van der Waals surface area contributed by atoms with Crippen LogP contribution in [0.4, 0.5) is 11.4 Å². The molecule has 2 rings (SSSR count). The van der Waals surface area contributed by atoms with E-state index in [1.54, 1.807) is 7.11 Å². The monoisotopic (exact) mass is 251 g/mol. The Hall–Kier alpha value is -1.46. The summed E-state index contributed by atoms with van der Waals surface area (Å²) in [6.07, 6.45) is 0. The van der Waals surface area contributed by atoms with Gasteiger partial charge in [-0.2, -0.15) is 0 Å². The van der Waals surface area contributed by atoms with E-state index >= 15 is 0 Å². The molecule has 100 valence electrons. The van der Waals surface area contributed by atoms with E-state index in [4.69, 9.17) is 15.6 Å². The Morgan fingerprint density at radius 3 is 2.56 bits per heavy atom. The second kappa shape index (κ2) is 5.93. The molecule has 18 heavy (non-hydrogen) atoms. The molecule has 1 aromatic carbocycles. The number of piperazine rings is 1. The Balaban J connectivity index is 2.02. The SMILES string of the molecule is COc1cc(N)cc(N2CCN(CCO)CC2)c1. The first kappa shape index (κ1) is 13.0. The third-order valence-corrected chi connectivity index (χ3v) is 3.30. The van der Waals surface area contributed by atoms with Gasteiger partial charge in [0.1, 0.15) is 5.75 Å². The highest BCUT2D eigenvalue weighted by molar-refractivity contribution is 5.60. The molecule has 0 spiro atoms. The lowest BCUT2D eigenvalue weighted by molar-refractivity contribution is 0.189. The van der Waals surface area contributed by atoms with Crippen LogP contribution < -0.4 is 15.4 Å². The number of nitrogen functional groups attached to an aromatic ring is 1. The smallest absolute Gasteiger partial charge is 0.122 e. The van der Waals surface area contributed by atoms with Crippen LogP contribution in [0.25, 0.3) is 0 Å². The van der Waals surface area contributed by atoms with Crippen molar-refractivity contribution in [3.8, 4) is 5.75 Å². The van der Waals surface area contributed by atoms with Crippen molar-refractivity contribution in [1.29, 1.82) is 0 Å². The highest BCUT2D eigenvalue weighted by atomic mass is 16.5. The summed E-state index contributed by atoms with van der Waals surface area (Å²) in [4.78, 5) is 4.56. The third kappa shape index (κ3) is 3.05. The lowest BCUT2D eigenvalue weighted by Crippen LogP contribution is -2.47. The molecular weight excluding hydrogens is 230 g/mol. The highest BCUT2D eigenvalue weighted by Crippen LogP contribution is 2.26. The van der Waals surface area contributed by atoms with Gasteiger partial charge in [-0.3, -0.25) is 4.90 Å². The lowest BCUT2D eigenvalue weighted by Gasteiger charge is -2.36. The van der Waals surface area contributed by atoms with Crippen LogP contribution in [0.1, 0.15) is 0 Å². The average Bonchev–Trinajstić information content (AvgIpc) is 2.39. The second-order valence-electron chi connectivity index (χ2n) is 4.52. The number of rotatable bonds is 4. The first-order chi connectivity index (χ1) is 8.72. The Bertz CT molecular complexity index is 390. The molecule has 5 nitrogen and oxygen atoms in total. The van der Waals surface area contributed by atoms with Crippen LogP contribution in [0.5, 0.6) is 5.75 Å². The number of aliphatic hydroxyl groups is 1. The van der Waals surface area contributed by atoms with Crippen LogP contribution in [0.15, 0.2) is 18.2 Å². The van der Waals surface area contributed by atoms with E-state index in [9.17, 15) is 0 Å². The van der Waals surface area contributed by atoms with Crippen molar-refractivity contribution >= 4 is 11.4 Å². The molecule has 0 atom stereocenters. The number of aliphatic hydroxyl groups excluding tert-OH is 1. The van der Waals surface area contributed by atoms with Gasteiger partial charge in [0.15, 0.2) is 0 Å². The number of methoxy groups -OCH3 is 1. The predicted molar refractivity (Wildman–Crippen MR) is 73.1 cm³/mol. The maximum atomic E-state index is 8.92. The Morgan fingerprint density at radius 1 is 1.22 bits per heavy atom. The minimum absolute atomic E-state index is 0.228.